The minimum absolute atomic E-state index is 0.0857. The van der Waals surface area contributed by atoms with Crippen molar-refractivity contribution in [1.29, 1.82) is 0 Å². The first-order chi connectivity index (χ1) is 5.00. The molecule has 3 heteroatoms. The second-order valence-electron chi connectivity index (χ2n) is 2.67. The molecule has 11 heavy (non-hydrogen) atoms. The van der Waals surface area contributed by atoms with Crippen molar-refractivity contribution in [3.8, 4) is 0 Å². The van der Waals surface area contributed by atoms with E-state index in [0.29, 0.717) is 12.0 Å². The van der Waals surface area contributed by atoms with Crippen LogP contribution in [-0.4, -0.2) is 11.9 Å². The van der Waals surface area contributed by atoms with Gasteiger partial charge in [-0.1, -0.05) is 6.92 Å². The van der Waals surface area contributed by atoms with Gasteiger partial charge in [0.15, 0.2) is 0 Å². The molecule has 0 spiro atoms. The number of hydrogen-bond acceptors (Lipinski definition) is 2. The van der Waals surface area contributed by atoms with E-state index in [2.05, 4.69) is 0 Å². The Morgan fingerprint density at radius 3 is 2.09 bits per heavy atom. The maximum atomic E-state index is 10.8. The molecule has 0 heterocycles. The molecule has 0 aromatic carbocycles. The minimum atomic E-state index is -0.359. The summed E-state index contributed by atoms with van der Waals surface area (Å²) in [4.78, 5) is 10.8. The molecule has 1 amide bonds. The fourth-order valence-corrected chi connectivity index (χ4v) is 0.922. The Morgan fingerprint density at radius 2 is 2.00 bits per heavy atom. The van der Waals surface area contributed by atoms with Crippen LogP contribution in [0.15, 0.2) is 11.1 Å². The number of rotatable bonds is 3. The summed E-state index contributed by atoms with van der Waals surface area (Å²) < 4.78 is 0. The predicted molar refractivity (Wildman–Crippen MR) is 45.8 cm³/mol. The topological polar surface area (TPSA) is 69.1 Å². The molecule has 0 fully saturated rings. The molecule has 0 saturated heterocycles. The fourth-order valence-electron chi connectivity index (χ4n) is 0.922. The molecule has 0 bridgehead atoms. The third-order valence-corrected chi connectivity index (χ3v) is 1.81. The Morgan fingerprint density at radius 1 is 1.55 bits per heavy atom. The van der Waals surface area contributed by atoms with Gasteiger partial charge in [0.2, 0.25) is 5.91 Å². The lowest BCUT2D eigenvalue weighted by molar-refractivity contribution is -0.114. The molecule has 0 rings (SSSR count). The molecule has 4 N–H and O–H groups in total. The molecule has 3 nitrogen and oxygen atoms in total. The van der Waals surface area contributed by atoms with E-state index in [4.69, 9.17) is 11.5 Å². The van der Waals surface area contributed by atoms with Crippen molar-refractivity contribution in [3.63, 3.8) is 0 Å². The number of carbonyl (C=O) groups is 1. The number of hydrogen-bond donors (Lipinski definition) is 2. The highest BCUT2D eigenvalue weighted by Crippen LogP contribution is 2.09. The molecule has 0 aliphatic carbocycles. The number of nitrogens with two attached hydrogens (primary N) is 2. The van der Waals surface area contributed by atoms with E-state index >= 15 is 0 Å². The summed E-state index contributed by atoms with van der Waals surface area (Å²) in [7, 11) is 0. The lowest BCUT2D eigenvalue weighted by Gasteiger charge is -2.09. The third-order valence-electron chi connectivity index (χ3n) is 1.81. The second kappa shape index (κ2) is 4.13. The quantitative estimate of drug-likeness (QED) is 0.586. The third kappa shape index (κ3) is 2.72. The normalized spacial score (nSPS) is 15.6. The van der Waals surface area contributed by atoms with E-state index < -0.39 is 0 Å². The van der Waals surface area contributed by atoms with E-state index in [1.54, 1.807) is 0 Å². The van der Waals surface area contributed by atoms with Crippen LogP contribution in [0.4, 0.5) is 0 Å². The van der Waals surface area contributed by atoms with Crippen LogP contribution in [0.2, 0.25) is 0 Å². The van der Waals surface area contributed by atoms with Gasteiger partial charge in [-0.15, -0.1) is 0 Å². The van der Waals surface area contributed by atoms with Crippen LogP contribution in [0.25, 0.3) is 0 Å². The van der Waals surface area contributed by atoms with Crippen LogP contribution in [0.3, 0.4) is 0 Å². The number of carbonyl (C=O) groups excluding carboxylic acids is 1. The Bertz CT molecular complexity index is 183. The Kier molecular flexibility index (Phi) is 3.82. The summed E-state index contributed by atoms with van der Waals surface area (Å²) in [6, 6.07) is -0.0857. The van der Waals surface area contributed by atoms with E-state index in [0.717, 1.165) is 5.57 Å². The second-order valence-corrected chi connectivity index (χ2v) is 2.67. The van der Waals surface area contributed by atoms with Gasteiger partial charge in [0, 0.05) is 11.6 Å². The van der Waals surface area contributed by atoms with Crippen LogP contribution >= 0.6 is 0 Å². The lowest BCUT2D eigenvalue weighted by atomic mass is 10.0. The molecule has 64 valence electrons. The summed E-state index contributed by atoms with van der Waals surface area (Å²) in [5, 5.41) is 0. The monoisotopic (exact) mass is 156 g/mol. The van der Waals surface area contributed by atoms with Crippen molar-refractivity contribution in [3.05, 3.63) is 11.1 Å². The average Bonchev–Trinajstić information content (AvgIpc) is 1.88. The van der Waals surface area contributed by atoms with Gasteiger partial charge in [-0.2, -0.15) is 0 Å². The molecule has 1 unspecified atom stereocenters. The molecule has 1 atom stereocenters. The first-order valence-corrected chi connectivity index (χ1v) is 3.75. The van der Waals surface area contributed by atoms with Crippen molar-refractivity contribution in [2.75, 3.05) is 0 Å². The average molecular weight is 156 g/mol. The Labute approximate surface area is 67.4 Å². The molecule has 0 aliphatic rings. The highest BCUT2D eigenvalue weighted by Gasteiger charge is 2.08. The summed E-state index contributed by atoms with van der Waals surface area (Å²) in [5.74, 6) is -0.359. The van der Waals surface area contributed by atoms with Gasteiger partial charge in [0.25, 0.3) is 0 Å². The van der Waals surface area contributed by atoms with Crippen molar-refractivity contribution >= 4 is 5.91 Å². The fraction of sp³-hybridized carbons (Fsp3) is 0.625. The van der Waals surface area contributed by atoms with Crippen molar-refractivity contribution < 1.29 is 4.79 Å². The molecule has 0 aromatic rings. The van der Waals surface area contributed by atoms with Gasteiger partial charge in [0.05, 0.1) is 0 Å². The van der Waals surface area contributed by atoms with E-state index in [1.165, 1.54) is 0 Å². The van der Waals surface area contributed by atoms with E-state index in [-0.39, 0.29) is 11.9 Å². The SMILES string of the molecule is CC/C(C(N)=O)=C(\C)C(C)N. The number of amides is 1. The van der Waals surface area contributed by atoms with Crippen LogP contribution < -0.4 is 11.5 Å². The van der Waals surface area contributed by atoms with Crippen molar-refractivity contribution in [2.45, 2.75) is 33.2 Å². The van der Waals surface area contributed by atoms with Crippen LogP contribution in [0, 0.1) is 0 Å². The van der Waals surface area contributed by atoms with Gasteiger partial charge in [-0.3, -0.25) is 4.79 Å². The molecular formula is C8H16N2O. The van der Waals surface area contributed by atoms with Crippen LogP contribution in [-0.2, 0) is 4.79 Å². The number of primary amides is 1. The first kappa shape index (κ1) is 10.2. The summed E-state index contributed by atoms with van der Waals surface area (Å²) in [6.45, 7) is 5.58. The Hall–Kier alpha value is -0.830. The predicted octanol–water partition coefficient (Wildman–Crippen LogP) is 0.545. The molecule has 0 aromatic heterocycles. The molecular weight excluding hydrogens is 140 g/mol. The summed E-state index contributed by atoms with van der Waals surface area (Å²) in [5.41, 5.74) is 12.3. The maximum Gasteiger partial charge on any atom is 0.244 e. The zero-order valence-electron chi connectivity index (χ0n) is 7.35. The summed E-state index contributed by atoms with van der Waals surface area (Å²) in [6.07, 6.45) is 0.655. The zero-order chi connectivity index (χ0) is 9.02. The molecule has 0 aliphatic heterocycles. The summed E-state index contributed by atoms with van der Waals surface area (Å²) >= 11 is 0. The van der Waals surface area contributed by atoms with Crippen molar-refractivity contribution in [2.24, 2.45) is 11.5 Å². The molecule has 0 saturated carbocycles. The van der Waals surface area contributed by atoms with Gasteiger partial charge < -0.3 is 11.5 Å². The van der Waals surface area contributed by atoms with E-state index in [9.17, 15) is 4.79 Å². The van der Waals surface area contributed by atoms with Gasteiger partial charge in [-0.25, -0.2) is 0 Å². The standard InChI is InChI=1S/C8H16N2O/c1-4-7(8(10)11)5(2)6(3)9/h6H,4,9H2,1-3H3,(H2,10,11)/b7-5-. The lowest BCUT2D eigenvalue weighted by Crippen LogP contribution is -2.23. The van der Waals surface area contributed by atoms with Crippen LogP contribution in [0.1, 0.15) is 27.2 Å². The highest BCUT2D eigenvalue weighted by atomic mass is 16.1. The highest BCUT2D eigenvalue weighted by molar-refractivity contribution is 5.92. The maximum absolute atomic E-state index is 10.8. The van der Waals surface area contributed by atoms with Gasteiger partial charge >= 0.3 is 0 Å². The van der Waals surface area contributed by atoms with Gasteiger partial charge in [0.1, 0.15) is 0 Å². The van der Waals surface area contributed by atoms with Crippen LogP contribution in [0.5, 0.6) is 0 Å². The van der Waals surface area contributed by atoms with Crippen molar-refractivity contribution in [1.82, 2.24) is 0 Å². The smallest absolute Gasteiger partial charge is 0.244 e. The van der Waals surface area contributed by atoms with E-state index in [1.807, 2.05) is 20.8 Å². The largest absolute Gasteiger partial charge is 0.366 e. The zero-order valence-corrected chi connectivity index (χ0v) is 7.35. The Balaban J connectivity index is 4.68. The molecule has 0 radical (unpaired) electrons. The van der Waals surface area contributed by atoms with Gasteiger partial charge in [-0.05, 0) is 25.8 Å². The minimum Gasteiger partial charge on any atom is -0.366 e. The first-order valence-electron chi connectivity index (χ1n) is 3.75.